The van der Waals surface area contributed by atoms with Crippen molar-refractivity contribution in [1.29, 1.82) is 0 Å². The molecule has 0 spiro atoms. The number of methoxy groups -OCH3 is 1. The SMILES string of the molecule is COc1ccc(S(=O)(=O)Nc2ccc(C)cc2C)cc1NC(=O)c1ccccc1C. The Balaban J connectivity index is 1.93. The van der Waals surface area contributed by atoms with Crippen LogP contribution >= 0.6 is 0 Å². The highest BCUT2D eigenvalue weighted by Gasteiger charge is 2.19. The molecule has 3 aromatic carbocycles. The topological polar surface area (TPSA) is 84.5 Å². The normalized spacial score (nSPS) is 11.1. The number of aryl methyl sites for hydroxylation is 3. The Morgan fingerprint density at radius 1 is 0.867 bits per heavy atom. The maximum absolute atomic E-state index is 12.9. The van der Waals surface area contributed by atoms with Gasteiger partial charge in [0, 0.05) is 5.56 Å². The van der Waals surface area contributed by atoms with Gasteiger partial charge in [-0.05, 0) is 62.2 Å². The summed E-state index contributed by atoms with van der Waals surface area (Å²) in [5.41, 5.74) is 3.95. The summed E-state index contributed by atoms with van der Waals surface area (Å²) in [6, 6.07) is 17.0. The molecule has 0 aromatic heterocycles. The molecule has 0 unspecified atom stereocenters. The fourth-order valence-corrected chi connectivity index (χ4v) is 4.26. The second-order valence-corrected chi connectivity index (χ2v) is 8.74. The first kappa shape index (κ1) is 21.4. The van der Waals surface area contributed by atoms with E-state index in [4.69, 9.17) is 4.74 Å². The molecule has 3 aromatic rings. The van der Waals surface area contributed by atoms with Gasteiger partial charge in [0.15, 0.2) is 0 Å². The first-order valence-electron chi connectivity index (χ1n) is 9.36. The van der Waals surface area contributed by atoms with Crippen molar-refractivity contribution < 1.29 is 17.9 Å². The van der Waals surface area contributed by atoms with Crippen LogP contribution < -0.4 is 14.8 Å². The average molecular weight is 425 g/mol. The lowest BCUT2D eigenvalue weighted by molar-refractivity contribution is 0.102. The van der Waals surface area contributed by atoms with Crippen LogP contribution in [0.4, 0.5) is 11.4 Å². The van der Waals surface area contributed by atoms with Crippen LogP contribution in [-0.4, -0.2) is 21.4 Å². The zero-order valence-corrected chi connectivity index (χ0v) is 18.1. The molecule has 0 saturated heterocycles. The van der Waals surface area contributed by atoms with E-state index < -0.39 is 10.0 Å². The minimum atomic E-state index is -3.86. The highest BCUT2D eigenvalue weighted by atomic mass is 32.2. The molecule has 0 fully saturated rings. The minimum absolute atomic E-state index is 0.0170. The Bertz CT molecular complexity index is 1200. The zero-order valence-electron chi connectivity index (χ0n) is 17.3. The van der Waals surface area contributed by atoms with Crippen LogP contribution in [-0.2, 0) is 10.0 Å². The van der Waals surface area contributed by atoms with Gasteiger partial charge in [-0.3, -0.25) is 9.52 Å². The average Bonchev–Trinajstić information content (AvgIpc) is 2.70. The van der Waals surface area contributed by atoms with Crippen molar-refractivity contribution in [1.82, 2.24) is 0 Å². The first-order chi connectivity index (χ1) is 14.2. The third-order valence-electron chi connectivity index (χ3n) is 4.75. The summed E-state index contributed by atoms with van der Waals surface area (Å²) in [5, 5.41) is 2.76. The first-order valence-corrected chi connectivity index (χ1v) is 10.8. The van der Waals surface area contributed by atoms with Crippen LogP contribution in [0.25, 0.3) is 0 Å². The summed E-state index contributed by atoms with van der Waals surface area (Å²) in [5.74, 6) is 0.0192. The molecule has 2 N–H and O–H groups in total. The van der Waals surface area contributed by atoms with Crippen molar-refractivity contribution in [2.24, 2.45) is 0 Å². The fourth-order valence-electron chi connectivity index (χ4n) is 3.10. The number of carbonyl (C=O) groups excluding carboxylic acids is 1. The standard InChI is InChI=1S/C23H24N2O4S/c1-15-9-11-20(17(3)13-15)25-30(27,28)18-10-12-22(29-4)21(14-18)24-23(26)19-8-6-5-7-16(19)2/h5-14,25H,1-4H3,(H,24,26). The molecule has 156 valence electrons. The second-order valence-electron chi connectivity index (χ2n) is 7.06. The number of rotatable bonds is 6. The van der Waals surface area contributed by atoms with Gasteiger partial charge >= 0.3 is 0 Å². The molecule has 3 rings (SSSR count). The van der Waals surface area contributed by atoms with Gasteiger partial charge in [-0.15, -0.1) is 0 Å². The summed E-state index contributed by atoms with van der Waals surface area (Å²) in [4.78, 5) is 12.7. The van der Waals surface area contributed by atoms with Gasteiger partial charge in [-0.2, -0.15) is 0 Å². The summed E-state index contributed by atoms with van der Waals surface area (Å²) in [6.07, 6.45) is 0. The van der Waals surface area contributed by atoms with Crippen LogP contribution in [0.15, 0.2) is 65.6 Å². The Kier molecular flexibility index (Phi) is 6.12. The molecule has 0 atom stereocenters. The van der Waals surface area contributed by atoms with Crippen molar-refractivity contribution in [2.45, 2.75) is 25.7 Å². The molecular weight excluding hydrogens is 400 g/mol. The molecule has 0 saturated carbocycles. The van der Waals surface area contributed by atoms with E-state index in [1.165, 1.54) is 25.3 Å². The number of amides is 1. The Morgan fingerprint density at radius 3 is 2.27 bits per heavy atom. The number of hydrogen-bond acceptors (Lipinski definition) is 4. The van der Waals surface area contributed by atoms with Gasteiger partial charge in [-0.1, -0.05) is 35.9 Å². The molecular formula is C23H24N2O4S. The highest BCUT2D eigenvalue weighted by Crippen LogP contribution is 2.29. The van der Waals surface area contributed by atoms with Crippen LogP contribution in [0.3, 0.4) is 0 Å². The molecule has 30 heavy (non-hydrogen) atoms. The molecule has 6 nitrogen and oxygen atoms in total. The molecule has 1 amide bonds. The van der Waals surface area contributed by atoms with Crippen molar-refractivity contribution >= 4 is 27.3 Å². The van der Waals surface area contributed by atoms with Crippen molar-refractivity contribution in [3.05, 3.63) is 82.9 Å². The predicted octanol–water partition coefficient (Wildman–Crippen LogP) is 4.67. The number of carbonyl (C=O) groups is 1. The monoisotopic (exact) mass is 424 g/mol. The van der Waals surface area contributed by atoms with Gasteiger partial charge < -0.3 is 10.1 Å². The van der Waals surface area contributed by atoms with E-state index in [0.29, 0.717) is 17.0 Å². The number of anilines is 2. The third kappa shape index (κ3) is 4.63. The van der Waals surface area contributed by atoms with Gasteiger partial charge in [0.05, 0.1) is 23.4 Å². The summed E-state index contributed by atoms with van der Waals surface area (Å²) in [6.45, 7) is 5.62. The predicted molar refractivity (Wildman–Crippen MR) is 119 cm³/mol. The maximum atomic E-state index is 12.9. The molecule has 0 bridgehead atoms. The van der Waals surface area contributed by atoms with Crippen LogP contribution in [0.2, 0.25) is 0 Å². The third-order valence-corrected chi connectivity index (χ3v) is 6.11. The van der Waals surface area contributed by atoms with Gasteiger partial charge in [-0.25, -0.2) is 8.42 Å². The number of hydrogen-bond donors (Lipinski definition) is 2. The zero-order chi connectivity index (χ0) is 21.9. The lowest BCUT2D eigenvalue weighted by Gasteiger charge is -2.15. The number of sulfonamides is 1. The number of nitrogens with one attached hydrogen (secondary N) is 2. The van der Waals surface area contributed by atoms with Crippen molar-refractivity contribution in [3.8, 4) is 5.75 Å². The van der Waals surface area contributed by atoms with E-state index in [1.54, 1.807) is 18.2 Å². The molecule has 0 aliphatic carbocycles. The van der Waals surface area contributed by atoms with Gasteiger partial charge in [0.1, 0.15) is 5.75 Å². The fraction of sp³-hybridized carbons (Fsp3) is 0.174. The van der Waals surface area contributed by atoms with Gasteiger partial charge in [0.2, 0.25) is 0 Å². The quantitative estimate of drug-likeness (QED) is 0.602. The van der Waals surface area contributed by atoms with Crippen molar-refractivity contribution in [3.63, 3.8) is 0 Å². The minimum Gasteiger partial charge on any atom is -0.495 e. The summed E-state index contributed by atoms with van der Waals surface area (Å²) in [7, 11) is -2.40. The van der Waals surface area contributed by atoms with Crippen LogP contribution in [0.5, 0.6) is 5.75 Å². The molecule has 0 radical (unpaired) electrons. The van der Waals surface area contributed by atoms with E-state index in [-0.39, 0.29) is 16.5 Å². The van der Waals surface area contributed by atoms with E-state index in [9.17, 15) is 13.2 Å². The second kappa shape index (κ2) is 8.59. The lowest BCUT2D eigenvalue weighted by Crippen LogP contribution is -2.16. The van der Waals surface area contributed by atoms with Crippen LogP contribution in [0.1, 0.15) is 27.0 Å². The maximum Gasteiger partial charge on any atom is 0.261 e. The highest BCUT2D eigenvalue weighted by molar-refractivity contribution is 7.92. The number of benzene rings is 3. The Labute approximate surface area is 177 Å². The van der Waals surface area contributed by atoms with Crippen LogP contribution in [0, 0.1) is 20.8 Å². The van der Waals surface area contributed by atoms with E-state index in [1.807, 2.05) is 45.0 Å². The Morgan fingerprint density at radius 2 is 1.60 bits per heavy atom. The summed E-state index contributed by atoms with van der Waals surface area (Å²) < 4.78 is 33.8. The summed E-state index contributed by atoms with van der Waals surface area (Å²) >= 11 is 0. The lowest BCUT2D eigenvalue weighted by atomic mass is 10.1. The number of ether oxygens (including phenoxy) is 1. The van der Waals surface area contributed by atoms with Gasteiger partial charge in [0.25, 0.3) is 15.9 Å². The molecule has 0 aliphatic heterocycles. The largest absolute Gasteiger partial charge is 0.495 e. The van der Waals surface area contributed by atoms with E-state index >= 15 is 0 Å². The van der Waals surface area contributed by atoms with E-state index in [0.717, 1.165) is 16.7 Å². The molecule has 7 heteroatoms. The molecule has 0 heterocycles. The van der Waals surface area contributed by atoms with Crippen molar-refractivity contribution in [2.75, 3.05) is 17.1 Å². The smallest absolute Gasteiger partial charge is 0.261 e. The molecule has 0 aliphatic rings. The Hall–Kier alpha value is -3.32. The van der Waals surface area contributed by atoms with E-state index in [2.05, 4.69) is 10.0 Å².